The Hall–Kier alpha value is -0.620. The number of ether oxygens (including phenoxy) is 1. The highest BCUT2D eigenvalue weighted by Gasteiger charge is 2.32. The Kier molecular flexibility index (Phi) is 3.49. The van der Waals surface area contributed by atoms with E-state index in [1.165, 1.54) is 13.2 Å². The molecule has 1 heterocycles. The standard InChI is InChI=1S/C8H7BrF3NO/c1-14-4-6-5(9)2-3-7(13-6)8(10,11)12/h2-3H,4H2,1H3. The molecule has 0 fully saturated rings. The van der Waals surface area contributed by atoms with E-state index in [0.29, 0.717) is 4.47 Å². The molecule has 0 saturated heterocycles. The summed E-state index contributed by atoms with van der Waals surface area (Å²) in [7, 11) is 1.40. The van der Waals surface area contributed by atoms with Crippen molar-refractivity contribution in [3.8, 4) is 0 Å². The second kappa shape index (κ2) is 4.27. The Morgan fingerprint density at radius 2 is 2.07 bits per heavy atom. The van der Waals surface area contributed by atoms with Gasteiger partial charge in [0.1, 0.15) is 5.69 Å². The smallest absolute Gasteiger partial charge is 0.378 e. The fourth-order valence-electron chi connectivity index (χ4n) is 0.880. The first-order chi connectivity index (χ1) is 6.45. The fraction of sp³-hybridized carbons (Fsp3) is 0.375. The van der Waals surface area contributed by atoms with Crippen LogP contribution in [0.5, 0.6) is 0 Å². The summed E-state index contributed by atoms with van der Waals surface area (Å²) in [6.45, 7) is 0.0461. The van der Waals surface area contributed by atoms with E-state index in [1.54, 1.807) is 0 Å². The Balaban J connectivity index is 3.06. The normalized spacial score (nSPS) is 11.8. The van der Waals surface area contributed by atoms with Gasteiger partial charge in [0, 0.05) is 11.6 Å². The summed E-state index contributed by atoms with van der Waals surface area (Å²) >= 11 is 3.09. The number of nitrogens with zero attached hydrogens (tertiary/aromatic N) is 1. The van der Waals surface area contributed by atoms with Gasteiger partial charge >= 0.3 is 6.18 Å². The Labute approximate surface area is 87.2 Å². The number of alkyl halides is 3. The third-order valence-corrected chi connectivity index (χ3v) is 2.21. The Bertz CT molecular complexity index is 327. The number of aromatic nitrogens is 1. The third-order valence-electron chi connectivity index (χ3n) is 1.49. The van der Waals surface area contributed by atoms with Crippen LogP contribution < -0.4 is 0 Å². The lowest BCUT2D eigenvalue weighted by molar-refractivity contribution is -0.141. The van der Waals surface area contributed by atoms with Crippen molar-refractivity contribution in [1.29, 1.82) is 0 Å². The molecule has 0 aliphatic heterocycles. The highest BCUT2D eigenvalue weighted by Crippen LogP contribution is 2.29. The Morgan fingerprint density at radius 1 is 1.43 bits per heavy atom. The summed E-state index contributed by atoms with van der Waals surface area (Å²) in [5.74, 6) is 0. The summed E-state index contributed by atoms with van der Waals surface area (Å²) in [5.41, 5.74) is -0.671. The van der Waals surface area contributed by atoms with Crippen molar-refractivity contribution in [2.24, 2.45) is 0 Å². The molecule has 0 aliphatic carbocycles. The van der Waals surface area contributed by atoms with Crippen molar-refractivity contribution < 1.29 is 17.9 Å². The molecule has 0 radical (unpaired) electrons. The zero-order valence-corrected chi connectivity index (χ0v) is 8.82. The predicted octanol–water partition coefficient (Wildman–Crippen LogP) is 3.01. The zero-order valence-electron chi connectivity index (χ0n) is 7.23. The van der Waals surface area contributed by atoms with E-state index >= 15 is 0 Å². The van der Waals surface area contributed by atoms with Crippen molar-refractivity contribution in [2.75, 3.05) is 7.11 Å². The van der Waals surface area contributed by atoms with Crippen LogP contribution in [0.4, 0.5) is 13.2 Å². The van der Waals surface area contributed by atoms with Crippen molar-refractivity contribution >= 4 is 15.9 Å². The summed E-state index contributed by atoms with van der Waals surface area (Å²) in [6, 6.07) is 2.23. The highest BCUT2D eigenvalue weighted by atomic mass is 79.9. The van der Waals surface area contributed by atoms with Gasteiger partial charge in [-0.3, -0.25) is 0 Å². The lowest BCUT2D eigenvalue weighted by Crippen LogP contribution is -2.09. The van der Waals surface area contributed by atoms with E-state index in [1.807, 2.05) is 0 Å². The Morgan fingerprint density at radius 3 is 2.57 bits per heavy atom. The van der Waals surface area contributed by atoms with E-state index < -0.39 is 11.9 Å². The maximum Gasteiger partial charge on any atom is 0.433 e. The minimum absolute atomic E-state index is 0.0461. The van der Waals surface area contributed by atoms with E-state index in [4.69, 9.17) is 4.74 Å². The fourth-order valence-corrected chi connectivity index (χ4v) is 1.22. The molecule has 2 nitrogen and oxygen atoms in total. The molecule has 1 aromatic heterocycles. The molecule has 1 aromatic rings. The minimum Gasteiger partial charge on any atom is -0.378 e. The van der Waals surface area contributed by atoms with Crippen molar-refractivity contribution in [3.05, 3.63) is 28.0 Å². The molecule has 0 atom stereocenters. The second-order valence-electron chi connectivity index (χ2n) is 2.56. The van der Waals surface area contributed by atoms with Crippen molar-refractivity contribution in [1.82, 2.24) is 4.98 Å². The lowest BCUT2D eigenvalue weighted by atomic mass is 10.3. The molecular weight excluding hydrogens is 263 g/mol. The molecule has 0 spiro atoms. The minimum atomic E-state index is -4.41. The van der Waals surface area contributed by atoms with Crippen LogP contribution in [0.1, 0.15) is 11.4 Å². The first kappa shape index (κ1) is 11.5. The lowest BCUT2D eigenvalue weighted by Gasteiger charge is -2.08. The van der Waals surface area contributed by atoms with Crippen LogP contribution in [0, 0.1) is 0 Å². The van der Waals surface area contributed by atoms with Gasteiger partial charge < -0.3 is 4.74 Å². The van der Waals surface area contributed by atoms with Gasteiger partial charge in [0.25, 0.3) is 0 Å². The van der Waals surface area contributed by atoms with Gasteiger partial charge in [-0.2, -0.15) is 13.2 Å². The van der Waals surface area contributed by atoms with Gasteiger partial charge in [-0.15, -0.1) is 0 Å². The second-order valence-corrected chi connectivity index (χ2v) is 3.41. The van der Waals surface area contributed by atoms with Crippen LogP contribution in [0.3, 0.4) is 0 Å². The molecule has 14 heavy (non-hydrogen) atoms. The van der Waals surface area contributed by atoms with Gasteiger partial charge in [0.15, 0.2) is 0 Å². The summed E-state index contributed by atoms with van der Waals surface area (Å²) in [4.78, 5) is 3.44. The van der Waals surface area contributed by atoms with Crippen LogP contribution >= 0.6 is 15.9 Å². The number of pyridine rings is 1. The monoisotopic (exact) mass is 269 g/mol. The summed E-state index contributed by atoms with van der Waals surface area (Å²) in [5, 5.41) is 0. The molecule has 0 N–H and O–H groups in total. The largest absolute Gasteiger partial charge is 0.433 e. The molecule has 0 saturated carbocycles. The quantitative estimate of drug-likeness (QED) is 0.824. The van der Waals surface area contributed by atoms with E-state index in [9.17, 15) is 13.2 Å². The molecule has 0 amide bonds. The maximum absolute atomic E-state index is 12.2. The molecule has 0 aromatic carbocycles. The van der Waals surface area contributed by atoms with Crippen LogP contribution in [0.2, 0.25) is 0 Å². The zero-order chi connectivity index (χ0) is 10.8. The number of methoxy groups -OCH3 is 1. The third kappa shape index (κ3) is 2.68. The van der Waals surface area contributed by atoms with Gasteiger partial charge in [-0.25, -0.2) is 4.98 Å². The SMILES string of the molecule is COCc1nc(C(F)(F)F)ccc1Br. The summed E-state index contributed by atoms with van der Waals surface area (Å²) < 4.78 is 41.9. The van der Waals surface area contributed by atoms with Crippen LogP contribution in [0.25, 0.3) is 0 Å². The molecule has 0 aliphatic rings. The number of rotatable bonds is 2. The van der Waals surface area contributed by atoms with E-state index in [0.717, 1.165) is 6.07 Å². The van der Waals surface area contributed by atoms with Gasteiger partial charge in [-0.1, -0.05) is 0 Å². The van der Waals surface area contributed by atoms with Crippen LogP contribution in [0.15, 0.2) is 16.6 Å². The molecule has 6 heteroatoms. The van der Waals surface area contributed by atoms with Crippen LogP contribution in [-0.4, -0.2) is 12.1 Å². The summed E-state index contributed by atoms with van der Waals surface area (Å²) in [6.07, 6.45) is -4.41. The first-order valence-corrected chi connectivity index (χ1v) is 4.46. The first-order valence-electron chi connectivity index (χ1n) is 3.66. The topological polar surface area (TPSA) is 22.1 Å². The number of hydrogen-bond acceptors (Lipinski definition) is 2. The predicted molar refractivity (Wildman–Crippen MR) is 47.7 cm³/mol. The van der Waals surface area contributed by atoms with Crippen LogP contribution in [-0.2, 0) is 17.5 Å². The number of halogens is 4. The molecular formula is C8H7BrF3NO. The average molecular weight is 270 g/mol. The number of hydrogen-bond donors (Lipinski definition) is 0. The molecule has 1 rings (SSSR count). The molecule has 0 unspecified atom stereocenters. The van der Waals surface area contributed by atoms with Gasteiger partial charge in [-0.05, 0) is 28.1 Å². The van der Waals surface area contributed by atoms with Gasteiger partial charge in [0.2, 0.25) is 0 Å². The van der Waals surface area contributed by atoms with Crippen molar-refractivity contribution in [2.45, 2.75) is 12.8 Å². The highest BCUT2D eigenvalue weighted by molar-refractivity contribution is 9.10. The molecule has 78 valence electrons. The van der Waals surface area contributed by atoms with E-state index in [-0.39, 0.29) is 12.3 Å². The van der Waals surface area contributed by atoms with E-state index in [2.05, 4.69) is 20.9 Å². The van der Waals surface area contributed by atoms with Gasteiger partial charge in [0.05, 0.1) is 12.3 Å². The molecule has 0 bridgehead atoms. The maximum atomic E-state index is 12.2. The van der Waals surface area contributed by atoms with Crippen molar-refractivity contribution in [3.63, 3.8) is 0 Å². The average Bonchev–Trinajstić information content (AvgIpc) is 2.07.